The number of nitrogens with one attached hydrogen (secondary N) is 2. The minimum atomic E-state index is -0.362. The highest BCUT2D eigenvalue weighted by atomic mass is 16.2. The summed E-state index contributed by atoms with van der Waals surface area (Å²) in [5.41, 5.74) is 8.62. The average molecular weight is 276 g/mol. The fourth-order valence-corrected chi connectivity index (χ4v) is 1.78. The van der Waals surface area contributed by atoms with Crippen LogP contribution in [0.2, 0.25) is 0 Å². The summed E-state index contributed by atoms with van der Waals surface area (Å²) in [5.74, 6) is 0.546. The zero-order valence-corrected chi connectivity index (χ0v) is 12.7. The first-order chi connectivity index (χ1) is 9.43. The van der Waals surface area contributed by atoms with Crippen molar-refractivity contribution in [1.29, 1.82) is 0 Å². The Morgan fingerprint density at radius 1 is 1.40 bits per heavy atom. The summed E-state index contributed by atoms with van der Waals surface area (Å²) < 4.78 is 0. The van der Waals surface area contributed by atoms with Gasteiger partial charge in [-0.05, 0) is 30.4 Å². The Morgan fingerprint density at radius 3 is 2.70 bits per heavy atom. The molecule has 0 unspecified atom stereocenters. The van der Waals surface area contributed by atoms with Gasteiger partial charge in [-0.15, -0.1) is 0 Å². The lowest BCUT2D eigenvalue weighted by molar-refractivity contribution is 0.256. The molecule has 1 rings (SSSR count). The van der Waals surface area contributed by atoms with Crippen LogP contribution in [0.3, 0.4) is 0 Å². The molecule has 0 spiro atoms. The number of carbonyl (C=O) groups excluding carboxylic acids is 1. The van der Waals surface area contributed by atoms with E-state index in [0.29, 0.717) is 12.5 Å². The minimum Gasteiger partial charge on any atom is -0.370 e. The van der Waals surface area contributed by atoms with E-state index in [1.165, 1.54) is 0 Å². The molecule has 1 aromatic rings. The van der Waals surface area contributed by atoms with E-state index in [1.54, 1.807) is 0 Å². The van der Waals surface area contributed by atoms with E-state index in [4.69, 9.17) is 5.73 Å². The number of urea groups is 1. The molecule has 5 nitrogen and oxygen atoms in total. The molecule has 20 heavy (non-hydrogen) atoms. The molecule has 0 saturated carbocycles. The number of aryl methyl sites for hydroxylation is 2. The number of guanidine groups is 1. The highest BCUT2D eigenvalue weighted by molar-refractivity contribution is 6.02. The van der Waals surface area contributed by atoms with Crippen LogP contribution >= 0.6 is 0 Å². The lowest BCUT2D eigenvalue weighted by atomic mass is 10.1. The number of rotatable bonds is 4. The molecule has 0 fully saturated rings. The second-order valence-corrected chi connectivity index (χ2v) is 5.16. The van der Waals surface area contributed by atoms with Crippen molar-refractivity contribution in [3.8, 4) is 0 Å². The molecular weight excluding hydrogens is 252 g/mol. The summed E-state index contributed by atoms with van der Waals surface area (Å²) in [7, 11) is 0. The maximum Gasteiger partial charge on any atom is 0.326 e. The fourth-order valence-electron chi connectivity index (χ4n) is 1.78. The Balaban J connectivity index is 2.70. The van der Waals surface area contributed by atoms with Gasteiger partial charge in [-0.1, -0.05) is 39.0 Å². The number of hydrogen-bond donors (Lipinski definition) is 3. The second-order valence-electron chi connectivity index (χ2n) is 5.16. The normalized spacial score (nSPS) is 11.6. The number of benzene rings is 1. The van der Waals surface area contributed by atoms with Crippen molar-refractivity contribution < 1.29 is 4.79 Å². The maximum atomic E-state index is 11.9. The molecule has 110 valence electrons. The molecule has 0 aliphatic heterocycles. The van der Waals surface area contributed by atoms with Gasteiger partial charge in [0.2, 0.25) is 0 Å². The van der Waals surface area contributed by atoms with Gasteiger partial charge in [0, 0.05) is 12.2 Å². The van der Waals surface area contributed by atoms with Crippen LogP contribution < -0.4 is 16.4 Å². The third-order valence-corrected chi connectivity index (χ3v) is 2.85. The molecule has 1 aromatic carbocycles. The molecule has 5 heteroatoms. The molecule has 0 bridgehead atoms. The van der Waals surface area contributed by atoms with Gasteiger partial charge in [0.15, 0.2) is 5.96 Å². The molecule has 0 saturated heterocycles. The van der Waals surface area contributed by atoms with E-state index >= 15 is 0 Å². The lowest BCUT2D eigenvalue weighted by Crippen LogP contribution is -2.40. The summed E-state index contributed by atoms with van der Waals surface area (Å²) >= 11 is 0. The van der Waals surface area contributed by atoms with E-state index in [-0.39, 0.29) is 12.0 Å². The summed E-state index contributed by atoms with van der Waals surface area (Å²) in [4.78, 5) is 16.0. The Labute approximate surface area is 120 Å². The van der Waals surface area contributed by atoms with Crippen molar-refractivity contribution in [3.05, 3.63) is 29.3 Å². The number of nitrogens with two attached hydrogens (primary N) is 1. The van der Waals surface area contributed by atoms with Crippen LogP contribution in [-0.4, -0.2) is 18.5 Å². The number of amides is 2. The molecule has 0 radical (unpaired) electrons. The van der Waals surface area contributed by atoms with E-state index < -0.39 is 0 Å². The van der Waals surface area contributed by atoms with Crippen LogP contribution in [0.25, 0.3) is 0 Å². The van der Waals surface area contributed by atoms with E-state index in [0.717, 1.165) is 23.2 Å². The highest BCUT2D eigenvalue weighted by Crippen LogP contribution is 2.20. The monoisotopic (exact) mass is 276 g/mol. The molecule has 0 aromatic heterocycles. The van der Waals surface area contributed by atoms with Gasteiger partial charge >= 0.3 is 6.03 Å². The van der Waals surface area contributed by atoms with Crippen LogP contribution in [0.1, 0.15) is 31.9 Å². The summed E-state index contributed by atoms with van der Waals surface area (Å²) in [6.45, 7) is 8.69. The smallest absolute Gasteiger partial charge is 0.326 e. The molecule has 0 atom stereocenters. The van der Waals surface area contributed by atoms with Gasteiger partial charge in [0.25, 0.3) is 0 Å². The number of anilines is 1. The molecule has 0 heterocycles. The third-order valence-electron chi connectivity index (χ3n) is 2.85. The van der Waals surface area contributed by atoms with Crippen LogP contribution in [0.4, 0.5) is 10.5 Å². The fraction of sp³-hybridized carbons (Fsp3) is 0.467. The minimum absolute atomic E-state index is 0.142. The van der Waals surface area contributed by atoms with E-state index in [9.17, 15) is 4.79 Å². The SMILES string of the molecule is CCc1cccc(C)c1NC(=O)NC(N)=NCC(C)C. The van der Waals surface area contributed by atoms with Gasteiger partial charge in [-0.25, -0.2) is 4.79 Å². The van der Waals surface area contributed by atoms with E-state index in [2.05, 4.69) is 22.5 Å². The van der Waals surface area contributed by atoms with Crippen molar-refractivity contribution in [2.75, 3.05) is 11.9 Å². The topological polar surface area (TPSA) is 79.5 Å². The van der Waals surface area contributed by atoms with Gasteiger partial charge < -0.3 is 11.1 Å². The summed E-state index contributed by atoms with van der Waals surface area (Å²) in [6.07, 6.45) is 0.855. The lowest BCUT2D eigenvalue weighted by Gasteiger charge is -2.13. The van der Waals surface area contributed by atoms with Crippen LogP contribution in [-0.2, 0) is 6.42 Å². The number of para-hydroxylation sites is 1. The Hall–Kier alpha value is -2.04. The first kappa shape index (κ1) is 16.0. The second kappa shape index (κ2) is 7.53. The molecule has 2 amide bonds. The average Bonchev–Trinajstić information content (AvgIpc) is 2.38. The highest BCUT2D eigenvalue weighted by Gasteiger charge is 2.09. The Morgan fingerprint density at radius 2 is 2.10 bits per heavy atom. The van der Waals surface area contributed by atoms with Crippen molar-refractivity contribution in [1.82, 2.24) is 5.32 Å². The number of nitrogens with zero attached hydrogens (tertiary/aromatic N) is 1. The van der Waals surface area contributed by atoms with Gasteiger partial charge in [-0.2, -0.15) is 0 Å². The van der Waals surface area contributed by atoms with Crippen molar-refractivity contribution in [2.24, 2.45) is 16.6 Å². The van der Waals surface area contributed by atoms with Gasteiger partial charge in [0.05, 0.1) is 0 Å². The first-order valence-corrected chi connectivity index (χ1v) is 6.90. The molecule has 0 aliphatic carbocycles. The zero-order chi connectivity index (χ0) is 15.1. The maximum absolute atomic E-state index is 11.9. The predicted octanol–water partition coefficient (Wildman–Crippen LogP) is 2.65. The number of aliphatic imine (C=N–C) groups is 1. The summed E-state index contributed by atoms with van der Waals surface area (Å²) in [5, 5.41) is 5.38. The number of hydrogen-bond acceptors (Lipinski definition) is 2. The van der Waals surface area contributed by atoms with Crippen LogP contribution in [0.15, 0.2) is 23.2 Å². The van der Waals surface area contributed by atoms with Crippen LogP contribution in [0.5, 0.6) is 0 Å². The molecule has 0 aliphatic rings. The summed E-state index contributed by atoms with van der Waals surface area (Å²) in [6, 6.07) is 5.58. The Kier molecular flexibility index (Phi) is 6.03. The third kappa shape index (κ3) is 4.91. The first-order valence-electron chi connectivity index (χ1n) is 6.90. The number of carbonyl (C=O) groups is 1. The molecule has 4 N–H and O–H groups in total. The van der Waals surface area contributed by atoms with Crippen LogP contribution in [0, 0.1) is 12.8 Å². The van der Waals surface area contributed by atoms with Crippen molar-refractivity contribution in [3.63, 3.8) is 0 Å². The van der Waals surface area contributed by atoms with Gasteiger partial charge in [-0.3, -0.25) is 10.3 Å². The van der Waals surface area contributed by atoms with Crippen molar-refractivity contribution in [2.45, 2.75) is 34.1 Å². The van der Waals surface area contributed by atoms with Crippen molar-refractivity contribution >= 4 is 17.7 Å². The Bertz CT molecular complexity index is 495. The van der Waals surface area contributed by atoms with E-state index in [1.807, 2.05) is 39.0 Å². The standard InChI is InChI=1S/C15H24N4O/c1-5-12-8-6-7-11(4)13(12)18-15(20)19-14(16)17-9-10(2)3/h6-8,10H,5,9H2,1-4H3,(H4,16,17,18,19,20). The molecular formula is C15H24N4O. The largest absolute Gasteiger partial charge is 0.370 e. The quantitative estimate of drug-likeness (QED) is 0.584. The predicted molar refractivity (Wildman–Crippen MR) is 84.0 cm³/mol. The van der Waals surface area contributed by atoms with Gasteiger partial charge in [0.1, 0.15) is 0 Å². The zero-order valence-electron chi connectivity index (χ0n) is 12.7.